The van der Waals surface area contributed by atoms with Crippen molar-refractivity contribution in [2.24, 2.45) is 0 Å². The third kappa shape index (κ3) is 2.93. The van der Waals surface area contributed by atoms with Gasteiger partial charge in [0, 0.05) is 6.07 Å². The Balaban J connectivity index is 2.05. The van der Waals surface area contributed by atoms with E-state index in [0.717, 1.165) is 11.3 Å². The lowest BCUT2D eigenvalue weighted by Crippen LogP contribution is -2.04. The van der Waals surface area contributed by atoms with Crippen LogP contribution in [-0.2, 0) is 6.54 Å². The van der Waals surface area contributed by atoms with Crippen molar-refractivity contribution in [3.8, 4) is 11.3 Å². The van der Waals surface area contributed by atoms with Gasteiger partial charge in [0.1, 0.15) is 11.3 Å². The average Bonchev–Trinajstić information content (AvgIpc) is 2.89. The molecule has 0 aliphatic carbocycles. The Morgan fingerprint density at radius 2 is 1.91 bits per heavy atom. The molecule has 1 heterocycles. The lowest BCUT2D eigenvalue weighted by Gasteiger charge is -2.05. The monoisotopic (exact) mass is 328 g/mol. The standard InChI is InChI=1S/C16H13ClN4O2/c1-11-16(15-13(17)8-5-9-14(15)21(22)23)18-19-20(11)10-12-6-3-2-4-7-12/h2-9H,10H2,1H3. The van der Waals surface area contributed by atoms with E-state index in [-0.39, 0.29) is 10.7 Å². The van der Waals surface area contributed by atoms with Gasteiger partial charge in [-0.1, -0.05) is 53.2 Å². The normalized spacial score (nSPS) is 10.7. The van der Waals surface area contributed by atoms with Crippen molar-refractivity contribution in [1.29, 1.82) is 0 Å². The molecule has 0 N–H and O–H groups in total. The van der Waals surface area contributed by atoms with Crippen LogP contribution in [0.3, 0.4) is 0 Å². The lowest BCUT2D eigenvalue weighted by atomic mass is 10.1. The van der Waals surface area contributed by atoms with Gasteiger partial charge >= 0.3 is 0 Å². The van der Waals surface area contributed by atoms with Crippen LogP contribution < -0.4 is 0 Å². The maximum atomic E-state index is 11.2. The van der Waals surface area contributed by atoms with E-state index in [1.807, 2.05) is 37.3 Å². The van der Waals surface area contributed by atoms with Crippen molar-refractivity contribution >= 4 is 17.3 Å². The van der Waals surface area contributed by atoms with Gasteiger partial charge in [-0.25, -0.2) is 4.68 Å². The molecular weight excluding hydrogens is 316 g/mol. The Bertz CT molecular complexity index is 862. The highest BCUT2D eigenvalue weighted by Crippen LogP contribution is 2.36. The van der Waals surface area contributed by atoms with Gasteiger partial charge in [0.15, 0.2) is 0 Å². The largest absolute Gasteiger partial charge is 0.280 e. The first-order valence-electron chi connectivity index (χ1n) is 6.95. The highest BCUT2D eigenvalue weighted by atomic mass is 35.5. The number of benzene rings is 2. The second-order valence-corrected chi connectivity index (χ2v) is 5.46. The van der Waals surface area contributed by atoms with Crippen LogP contribution in [-0.4, -0.2) is 19.9 Å². The summed E-state index contributed by atoms with van der Waals surface area (Å²) in [7, 11) is 0. The molecule has 0 aliphatic rings. The quantitative estimate of drug-likeness (QED) is 0.538. The van der Waals surface area contributed by atoms with E-state index in [9.17, 15) is 10.1 Å². The number of nitro benzene ring substituents is 1. The predicted octanol–water partition coefficient (Wildman–Crippen LogP) is 3.86. The van der Waals surface area contributed by atoms with Crippen LogP contribution >= 0.6 is 11.6 Å². The van der Waals surface area contributed by atoms with Gasteiger partial charge < -0.3 is 0 Å². The third-order valence-corrected chi connectivity index (χ3v) is 3.90. The van der Waals surface area contributed by atoms with Crippen molar-refractivity contribution in [3.63, 3.8) is 0 Å². The Hall–Kier alpha value is -2.73. The van der Waals surface area contributed by atoms with Gasteiger partial charge in [0.2, 0.25) is 0 Å². The molecule has 0 amide bonds. The molecule has 0 spiro atoms. The molecule has 1 aromatic heterocycles. The molecule has 0 aliphatic heterocycles. The molecule has 7 heteroatoms. The fourth-order valence-corrected chi connectivity index (χ4v) is 2.66. The molecule has 0 atom stereocenters. The van der Waals surface area contributed by atoms with Crippen molar-refractivity contribution in [2.75, 3.05) is 0 Å². The Morgan fingerprint density at radius 3 is 2.61 bits per heavy atom. The van der Waals surface area contributed by atoms with Crippen molar-refractivity contribution < 1.29 is 4.92 Å². The van der Waals surface area contributed by atoms with E-state index in [4.69, 9.17) is 11.6 Å². The number of aromatic nitrogens is 3. The molecule has 6 nitrogen and oxygen atoms in total. The molecule has 116 valence electrons. The van der Waals surface area contributed by atoms with Gasteiger partial charge in [-0.15, -0.1) is 5.10 Å². The SMILES string of the molecule is Cc1c(-c2c(Cl)cccc2[N+](=O)[O-])nnn1Cc1ccccc1. The Labute approximate surface area is 137 Å². The minimum Gasteiger partial charge on any atom is -0.258 e. The summed E-state index contributed by atoms with van der Waals surface area (Å²) in [4.78, 5) is 10.8. The maximum Gasteiger partial charge on any atom is 0.280 e. The fraction of sp³-hybridized carbons (Fsp3) is 0.125. The number of hydrogen-bond acceptors (Lipinski definition) is 4. The van der Waals surface area contributed by atoms with E-state index in [2.05, 4.69) is 10.3 Å². The first kappa shape index (κ1) is 15.2. The molecule has 2 aromatic carbocycles. The van der Waals surface area contributed by atoms with Crippen LogP contribution in [0.5, 0.6) is 0 Å². The summed E-state index contributed by atoms with van der Waals surface area (Å²) >= 11 is 6.17. The predicted molar refractivity (Wildman–Crippen MR) is 87.4 cm³/mol. The summed E-state index contributed by atoms with van der Waals surface area (Å²) < 4.78 is 1.71. The summed E-state index contributed by atoms with van der Waals surface area (Å²) in [6, 6.07) is 14.4. The van der Waals surface area contributed by atoms with Crippen molar-refractivity contribution in [1.82, 2.24) is 15.0 Å². The summed E-state index contributed by atoms with van der Waals surface area (Å²) in [5.41, 5.74) is 2.45. The minimum atomic E-state index is -0.461. The maximum absolute atomic E-state index is 11.2. The summed E-state index contributed by atoms with van der Waals surface area (Å²) in [6.45, 7) is 2.36. The van der Waals surface area contributed by atoms with Gasteiger partial charge in [-0.05, 0) is 18.6 Å². The van der Waals surface area contributed by atoms with E-state index < -0.39 is 4.92 Å². The van der Waals surface area contributed by atoms with Crippen molar-refractivity contribution in [2.45, 2.75) is 13.5 Å². The highest BCUT2D eigenvalue weighted by Gasteiger charge is 2.23. The molecule has 3 rings (SSSR count). The zero-order valence-electron chi connectivity index (χ0n) is 12.3. The number of rotatable bonds is 4. The first-order chi connectivity index (χ1) is 11.1. The molecule has 23 heavy (non-hydrogen) atoms. The van der Waals surface area contributed by atoms with E-state index in [1.165, 1.54) is 6.07 Å². The van der Waals surface area contributed by atoms with Gasteiger partial charge in [0.05, 0.1) is 22.2 Å². The second-order valence-electron chi connectivity index (χ2n) is 5.06. The van der Waals surface area contributed by atoms with Crippen LogP contribution in [0.15, 0.2) is 48.5 Å². The average molecular weight is 329 g/mol. The number of halogens is 1. The molecule has 3 aromatic rings. The smallest absolute Gasteiger partial charge is 0.258 e. The first-order valence-corrected chi connectivity index (χ1v) is 7.33. The topological polar surface area (TPSA) is 73.8 Å². The number of nitro groups is 1. The second kappa shape index (κ2) is 6.18. The van der Waals surface area contributed by atoms with Crippen LogP contribution in [0.1, 0.15) is 11.3 Å². The molecule has 0 saturated heterocycles. The van der Waals surface area contributed by atoms with Gasteiger partial charge in [0.25, 0.3) is 5.69 Å². The molecular formula is C16H13ClN4O2. The molecule has 0 radical (unpaired) electrons. The Morgan fingerprint density at radius 1 is 1.17 bits per heavy atom. The molecule has 0 bridgehead atoms. The Kier molecular flexibility index (Phi) is 4.08. The fourth-order valence-electron chi connectivity index (χ4n) is 2.40. The zero-order valence-corrected chi connectivity index (χ0v) is 13.1. The van der Waals surface area contributed by atoms with Crippen LogP contribution in [0.25, 0.3) is 11.3 Å². The molecule has 0 saturated carbocycles. The molecule has 0 fully saturated rings. The lowest BCUT2D eigenvalue weighted by molar-refractivity contribution is -0.384. The van der Waals surface area contributed by atoms with Crippen molar-refractivity contribution in [3.05, 3.63) is 74.9 Å². The summed E-state index contributed by atoms with van der Waals surface area (Å²) in [5.74, 6) is 0. The summed E-state index contributed by atoms with van der Waals surface area (Å²) in [6.07, 6.45) is 0. The van der Waals surface area contributed by atoms with Crippen LogP contribution in [0, 0.1) is 17.0 Å². The molecule has 0 unspecified atom stereocenters. The minimum absolute atomic E-state index is 0.0765. The summed E-state index contributed by atoms with van der Waals surface area (Å²) in [5, 5.41) is 19.8. The van der Waals surface area contributed by atoms with E-state index in [0.29, 0.717) is 17.8 Å². The van der Waals surface area contributed by atoms with Crippen LogP contribution in [0.2, 0.25) is 5.02 Å². The number of hydrogen-bond donors (Lipinski definition) is 0. The van der Waals surface area contributed by atoms with E-state index >= 15 is 0 Å². The van der Waals surface area contributed by atoms with Gasteiger partial charge in [-0.2, -0.15) is 0 Å². The van der Waals surface area contributed by atoms with E-state index in [1.54, 1.807) is 16.8 Å². The van der Waals surface area contributed by atoms with Crippen LogP contribution in [0.4, 0.5) is 5.69 Å². The number of nitrogens with zero attached hydrogens (tertiary/aromatic N) is 4. The highest BCUT2D eigenvalue weighted by molar-refractivity contribution is 6.33. The third-order valence-electron chi connectivity index (χ3n) is 3.58. The zero-order chi connectivity index (χ0) is 16.4. The van der Waals surface area contributed by atoms with Gasteiger partial charge in [-0.3, -0.25) is 10.1 Å².